The number of likely N-dealkylation sites (N-methyl/N-ethyl adjacent to an activating group) is 1. The summed E-state index contributed by atoms with van der Waals surface area (Å²) in [6, 6.07) is -0.898. The normalized spacial score (nSPS) is 14.1. The second-order valence-corrected chi connectivity index (χ2v) is 28.2. The number of nitrogens with one attached hydrogen (secondary N) is 1. The van der Waals surface area contributed by atoms with E-state index in [1.807, 2.05) is 33.3 Å². The molecule has 3 atom stereocenters. The van der Waals surface area contributed by atoms with Crippen molar-refractivity contribution in [3.05, 3.63) is 109 Å². The number of quaternary nitrogens is 1. The lowest BCUT2D eigenvalue weighted by Gasteiger charge is -2.30. The molecule has 1 N–H and O–H groups in total. The van der Waals surface area contributed by atoms with Crippen LogP contribution in [-0.2, 0) is 27.9 Å². The zero-order valence-corrected chi connectivity index (χ0v) is 61.2. The minimum atomic E-state index is -4.72. The molecule has 9 nitrogen and oxygen atoms in total. The van der Waals surface area contributed by atoms with Crippen LogP contribution in [-0.4, -0.2) is 69.4 Å². The lowest BCUT2D eigenvalue weighted by molar-refractivity contribution is -0.870. The average molecular weight is 1290 g/mol. The van der Waals surface area contributed by atoms with Crippen molar-refractivity contribution < 1.29 is 37.3 Å². The maximum absolute atomic E-state index is 13.6. The molecule has 0 rings (SSSR count). The molecule has 0 aliphatic heterocycles. The first-order valence-corrected chi connectivity index (χ1v) is 39.7. The van der Waals surface area contributed by atoms with Gasteiger partial charge in [-0.3, -0.25) is 14.2 Å². The number of phosphoric acid groups is 1. The highest BCUT2D eigenvalue weighted by molar-refractivity contribution is 7.45. The second kappa shape index (κ2) is 69.5. The number of hydrogen-bond acceptors (Lipinski definition) is 7. The molecular formula is C81H145N2O7P. The van der Waals surface area contributed by atoms with Crippen LogP contribution in [0.15, 0.2) is 109 Å². The molecule has 0 heterocycles. The Bertz CT molecular complexity index is 1930. The van der Waals surface area contributed by atoms with E-state index in [0.29, 0.717) is 17.4 Å². The molecule has 0 bridgehead atoms. The predicted octanol–water partition coefficient (Wildman–Crippen LogP) is 24.2. The van der Waals surface area contributed by atoms with Gasteiger partial charge >= 0.3 is 5.97 Å². The number of rotatable bonds is 69. The van der Waals surface area contributed by atoms with Crippen LogP contribution in [0.2, 0.25) is 0 Å². The highest BCUT2D eigenvalue weighted by atomic mass is 31.2. The summed E-state index contributed by atoms with van der Waals surface area (Å²) < 4.78 is 30.5. The summed E-state index contributed by atoms with van der Waals surface area (Å²) in [5, 5.41) is 3.05. The fourth-order valence-electron chi connectivity index (χ4n) is 10.9. The lowest BCUT2D eigenvalue weighted by Crippen LogP contribution is -2.47. The van der Waals surface area contributed by atoms with Crippen LogP contribution < -0.4 is 10.2 Å². The summed E-state index contributed by atoms with van der Waals surface area (Å²) in [5.74, 6) is -0.540. The van der Waals surface area contributed by atoms with E-state index in [-0.39, 0.29) is 24.9 Å². The van der Waals surface area contributed by atoms with Gasteiger partial charge in [-0.25, -0.2) is 0 Å². The summed E-state index contributed by atoms with van der Waals surface area (Å²) in [7, 11) is 1.18. The van der Waals surface area contributed by atoms with Crippen LogP contribution in [0.4, 0.5) is 0 Å². The van der Waals surface area contributed by atoms with Gasteiger partial charge in [0, 0.05) is 12.8 Å². The zero-order chi connectivity index (χ0) is 66.3. The molecule has 91 heavy (non-hydrogen) atoms. The molecule has 0 radical (unpaired) electrons. The van der Waals surface area contributed by atoms with Gasteiger partial charge in [0.05, 0.1) is 33.8 Å². The van der Waals surface area contributed by atoms with Gasteiger partial charge in [-0.2, -0.15) is 0 Å². The molecule has 0 spiro atoms. The Balaban J connectivity index is 5.03. The van der Waals surface area contributed by atoms with E-state index < -0.39 is 26.6 Å². The number of carbonyl (C=O) groups is 2. The summed E-state index contributed by atoms with van der Waals surface area (Å²) in [6.45, 7) is 6.73. The number of amides is 1. The number of esters is 1. The smallest absolute Gasteiger partial charge is 0.306 e. The monoisotopic (exact) mass is 1290 g/mol. The SMILES string of the molecule is CC/C=C\C/C=C\C/C=C\C/C=C\C/C=C\CCCCCCCCCCCCCC(=O)OC(/C=C/CCCCCCCCCCCCC)C(COP(=O)([O-])OCC[N+](C)(C)C)NC(=O)CCCCCCCCCCCCCC/C=C\C/C=C\C/C=C\CCCCC. The third-order valence-corrected chi connectivity index (χ3v) is 17.7. The van der Waals surface area contributed by atoms with Gasteiger partial charge in [-0.1, -0.05) is 323 Å². The van der Waals surface area contributed by atoms with Crippen LogP contribution >= 0.6 is 7.82 Å². The van der Waals surface area contributed by atoms with Crippen molar-refractivity contribution in [2.45, 2.75) is 354 Å². The van der Waals surface area contributed by atoms with Crippen molar-refractivity contribution in [3.8, 4) is 0 Å². The van der Waals surface area contributed by atoms with Gasteiger partial charge in [0.25, 0.3) is 7.82 Å². The van der Waals surface area contributed by atoms with E-state index in [2.05, 4.69) is 123 Å². The molecule has 1 amide bonds. The van der Waals surface area contributed by atoms with Gasteiger partial charge in [-0.15, -0.1) is 0 Å². The second-order valence-electron chi connectivity index (χ2n) is 26.8. The van der Waals surface area contributed by atoms with Gasteiger partial charge < -0.3 is 28.5 Å². The Morgan fingerprint density at radius 3 is 1.08 bits per heavy atom. The van der Waals surface area contributed by atoms with Crippen LogP contribution in [0, 0.1) is 0 Å². The number of unbranched alkanes of at least 4 members (excludes halogenated alkanes) is 37. The van der Waals surface area contributed by atoms with Crippen LogP contribution in [0.5, 0.6) is 0 Å². The minimum absolute atomic E-state index is 0.0266. The molecule has 0 aromatic heterocycles. The molecule has 526 valence electrons. The Morgan fingerprint density at radius 1 is 0.396 bits per heavy atom. The van der Waals surface area contributed by atoms with Crippen LogP contribution in [0.25, 0.3) is 0 Å². The topological polar surface area (TPSA) is 114 Å². The summed E-state index contributed by atoms with van der Waals surface area (Å²) >= 11 is 0. The summed E-state index contributed by atoms with van der Waals surface area (Å²) in [4.78, 5) is 40.3. The third kappa shape index (κ3) is 70.8. The largest absolute Gasteiger partial charge is 0.756 e. The van der Waals surface area contributed by atoms with Crippen molar-refractivity contribution in [2.24, 2.45) is 0 Å². The first kappa shape index (κ1) is 87.7. The molecule has 0 aromatic rings. The molecule has 0 fully saturated rings. The summed E-state index contributed by atoms with van der Waals surface area (Å²) in [5.41, 5.74) is 0. The van der Waals surface area contributed by atoms with Crippen LogP contribution in [0.1, 0.15) is 342 Å². The van der Waals surface area contributed by atoms with E-state index in [1.165, 1.54) is 199 Å². The number of ether oxygens (including phenoxy) is 1. The standard InChI is InChI=1S/C81H145N2O7P/c1-7-10-13-16-19-22-25-28-30-32-34-36-38-40-41-43-45-47-49-51-53-56-59-62-65-68-71-74-81(85)90-79(72-69-66-63-60-57-54-27-24-21-18-15-12-9-3)78(77-89-91(86,87)88-76-75-83(4,5)6)82-80(84)73-70-67-64-61-58-55-52-50-48-46-44-42-39-37-35-33-31-29-26-23-20-17-14-11-8-2/h10,13,19-20,22-23,28-31,34-37,40-41,69,72,78-79H,7-9,11-12,14-18,21,24-27,32-33,38-39,42-68,70-71,73-77H2,1-6H3,(H-,82,84,86,87)/b13-10-,22-19-,23-20-,30-28-,31-29-,36-34-,37-35-,41-40-,72-69+. The third-order valence-electron chi connectivity index (χ3n) is 16.7. The molecule has 3 unspecified atom stereocenters. The van der Waals surface area contributed by atoms with E-state index in [1.54, 1.807) is 0 Å². The highest BCUT2D eigenvalue weighted by Gasteiger charge is 2.27. The predicted molar refractivity (Wildman–Crippen MR) is 394 cm³/mol. The Hall–Kier alpha value is -3.33. The lowest BCUT2D eigenvalue weighted by atomic mass is 10.0. The summed E-state index contributed by atoms with van der Waals surface area (Å²) in [6.07, 6.45) is 96.4. The molecule has 0 saturated heterocycles. The number of allylic oxidation sites excluding steroid dienone is 17. The van der Waals surface area contributed by atoms with Gasteiger partial charge in [0.1, 0.15) is 19.3 Å². The fourth-order valence-corrected chi connectivity index (χ4v) is 11.6. The zero-order valence-electron chi connectivity index (χ0n) is 60.3. The Morgan fingerprint density at radius 2 is 0.703 bits per heavy atom. The molecular weight excluding hydrogens is 1140 g/mol. The quantitative estimate of drug-likeness (QED) is 0.0212. The van der Waals surface area contributed by atoms with Crippen LogP contribution in [0.3, 0.4) is 0 Å². The molecule has 0 aromatic carbocycles. The van der Waals surface area contributed by atoms with Gasteiger partial charge in [0.2, 0.25) is 5.91 Å². The van der Waals surface area contributed by atoms with Crippen molar-refractivity contribution >= 4 is 19.7 Å². The van der Waals surface area contributed by atoms with Crippen molar-refractivity contribution in [1.82, 2.24) is 5.32 Å². The molecule has 0 saturated carbocycles. The minimum Gasteiger partial charge on any atom is -0.756 e. The van der Waals surface area contributed by atoms with Gasteiger partial charge in [-0.05, 0) is 115 Å². The first-order chi connectivity index (χ1) is 44.4. The van der Waals surface area contributed by atoms with E-state index in [9.17, 15) is 19.0 Å². The van der Waals surface area contributed by atoms with Crippen molar-refractivity contribution in [1.29, 1.82) is 0 Å². The van der Waals surface area contributed by atoms with E-state index >= 15 is 0 Å². The average Bonchev–Trinajstić information content (AvgIpc) is 3.73. The molecule has 0 aliphatic carbocycles. The number of nitrogens with zero attached hydrogens (tertiary/aromatic N) is 1. The number of hydrogen-bond donors (Lipinski definition) is 1. The van der Waals surface area contributed by atoms with E-state index in [0.717, 1.165) is 109 Å². The maximum atomic E-state index is 13.6. The number of phosphoric ester groups is 1. The fraction of sp³-hybridized carbons (Fsp3) is 0.753. The van der Waals surface area contributed by atoms with Crippen molar-refractivity contribution in [3.63, 3.8) is 0 Å². The van der Waals surface area contributed by atoms with Crippen molar-refractivity contribution in [2.75, 3.05) is 40.9 Å². The number of carbonyl (C=O) groups excluding carboxylic acids is 2. The maximum Gasteiger partial charge on any atom is 0.306 e. The Labute approximate surface area is 563 Å². The molecule has 0 aliphatic rings. The van der Waals surface area contributed by atoms with E-state index in [4.69, 9.17) is 13.8 Å². The highest BCUT2D eigenvalue weighted by Crippen LogP contribution is 2.38. The van der Waals surface area contributed by atoms with Gasteiger partial charge in [0.15, 0.2) is 0 Å². The Kier molecular flexibility index (Phi) is 67.0. The molecule has 10 heteroatoms. The first-order valence-electron chi connectivity index (χ1n) is 38.2.